The molecule has 0 aromatic heterocycles. The SMILES string of the molecule is COCC1CCCN(C(=O)NCCCCCC(=O)O)C1. The molecule has 1 fully saturated rings. The zero-order valence-electron chi connectivity index (χ0n) is 12.3. The van der Waals surface area contributed by atoms with Crippen LogP contribution in [-0.2, 0) is 9.53 Å². The molecule has 2 amide bonds. The molecule has 2 N–H and O–H groups in total. The van der Waals surface area contributed by atoms with Gasteiger partial charge in [-0.25, -0.2) is 4.79 Å². The number of amides is 2. The molecule has 1 unspecified atom stereocenters. The van der Waals surface area contributed by atoms with Crippen molar-refractivity contribution in [3.8, 4) is 0 Å². The third-order valence-corrected chi connectivity index (χ3v) is 3.55. The molecule has 1 aliphatic heterocycles. The average Bonchev–Trinajstić information content (AvgIpc) is 2.43. The number of carbonyl (C=O) groups excluding carboxylic acids is 1. The third kappa shape index (κ3) is 6.75. The van der Waals surface area contributed by atoms with E-state index in [1.165, 1.54) is 0 Å². The molecule has 116 valence electrons. The van der Waals surface area contributed by atoms with Gasteiger partial charge in [0.25, 0.3) is 0 Å². The van der Waals surface area contributed by atoms with E-state index in [1.54, 1.807) is 7.11 Å². The molecule has 6 nitrogen and oxygen atoms in total. The molecule has 1 heterocycles. The normalized spacial score (nSPS) is 18.9. The molecule has 6 heteroatoms. The lowest BCUT2D eigenvalue weighted by atomic mass is 9.99. The molecule has 1 atom stereocenters. The van der Waals surface area contributed by atoms with Crippen LogP contribution in [0, 0.1) is 5.92 Å². The molecule has 0 aromatic rings. The molecule has 0 aliphatic carbocycles. The second-order valence-corrected chi connectivity index (χ2v) is 5.35. The first-order valence-electron chi connectivity index (χ1n) is 7.37. The summed E-state index contributed by atoms with van der Waals surface area (Å²) < 4.78 is 5.15. The largest absolute Gasteiger partial charge is 0.481 e. The summed E-state index contributed by atoms with van der Waals surface area (Å²) in [7, 11) is 1.69. The molecule has 1 rings (SSSR count). The van der Waals surface area contributed by atoms with E-state index in [4.69, 9.17) is 9.84 Å². The van der Waals surface area contributed by atoms with Crippen LogP contribution in [0.3, 0.4) is 0 Å². The number of hydrogen-bond acceptors (Lipinski definition) is 3. The van der Waals surface area contributed by atoms with Gasteiger partial charge in [-0.2, -0.15) is 0 Å². The maximum atomic E-state index is 12.0. The third-order valence-electron chi connectivity index (χ3n) is 3.55. The fourth-order valence-electron chi connectivity index (χ4n) is 2.51. The Bertz CT molecular complexity index is 308. The molecule has 0 saturated carbocycles. The lowest BCUT2D eigenvalue weighted by molar-refractivity contribution is -0.137. The number of nitrogens with zero attached hydrogens (tertiary/aromatic N) is 1. The Morgan fingerprint density at radius 1 is 1.35 bits per heavy atom. The molecule has 0 spiro atoms. The van der Waals surface area contributed by atoms with Crippen LogP contribution in [0.15, 0.2) is 0 Å². The van der Waals surface area contributed by atoms with Crippen LogP contribution in [0.5, 0.6) is 0 Å². The molecular formula is C14H26N2O4. The van der Waals surface area contributed by atoms with Crippen LogP contribution in [0.2, 0.25) is 0 Å². The van der Waals surface area contributed by atoms with Gasteiger partial charge in [-0.05, 0) is 25.7 Å². The minimum absolute atomic E-state index is 0.0102. The van der Waals surface area contributed by atoms with Gasteiger partial charge in [0.15, 0.2) is 0 Å². The van der Waals surface area contributed by atoms with Gasteiger partial charge in [0.1, 0.15) is 0 Å². The van der Waals surface area contributed by atoms with Crippen LogP contribution in [0.1, 0.15) is 38.5 Å². The maximum Gasteiger partial charge on any atom is 0.317 e. The summed E-state index contributed by atoms with van der Waals surface area (Å²) in [5, 5.41) is 11.4. The van der Waals surface area contributed by atoms with Crippen LogP contribution < -0.4 is 5.32 Å². The van der Waals surface area contributed by atoms with Crippen LogP contribution in [0.4, 0.5) is 4.79 Å². The number of likely N-dealkylation sites (tertiary alicyclic amines) is 1. The van der Waals surface area contributed by atoms with Gasteiger partial charge in [0.2, 0.25) is 0 Å². The monoisotopic (exact) mass is 286 g/mol. The highest BCUT2D eigenvalue weighted by atomic mass is 16.5. The summed E-state index contributed by atoms with van der Waals surface area (Å²) >= 11 is 0. The molecule has 0 bridgehead atoms. The van der Waals surface area contributed by atoms with Gasteiger partial charge in [-0.1, -0.05) is 6.42 Å². The summed E-state index contributed by atoms with van der Waals surface area (Å²) in [6.07, 6.45) is 4.68. The lowest BCUT2D eigenvalue weighted by Crippen LogP contribution is -2.46. The summed E-state index contributed by atoms with van der Waals surface area (Å²) in [5.41, 5.74) is 0. The Labute approximate surface area is 120 Å². The van der Waals surface area contributed by atoms with Gasteiger partial charge >= 0.3 is 12.0 Å². The van der Waals surface area contributed by atoms with Crippen LogP contribution >= 0.6 is 0 Å². The number of carbonyl (C=O) groups is 2. The smallest absolute Gasteiger partial charge is 0.317 e. The number of piperidine rings is 1. The Kier molecular flexibility index (Phi) is 8.02. The van der Waals surface area contributed by atoms with Gasteiger partial charge < -0.3 is 20.1 Å². The Balaban J connectivity index is 2.11. The zero-order chi connectivity index (χ0) is 14.8. The topological polar surface area (TPSA) is 78.9 Å². The highest BCUT2D eigenvalue weighted by Crippen LogP contribution is 2.16. The van der Waals surface area contributed by atoms with Crippen LogP contribution in [-0.4, -0.2) is 55.4 Å². The van der Waals surface area contributed by atoms with Crippen molar-refractivity contribution in [2.45, 2.75) is 38.5 Å². The average molecular weight is 286 g/mol. The Morgan fingerprint density at radius 3 is 2.85 bits per heavy atom. The Hall–Kier alpha value is -1.30. The first kappa shape index (κ1) is 16.8. The van der Waals surface area contributed by atoms with E-state index in [2.05, 4.69) is 5.32 Å². The van der Waals surface area contributed by atoms with Crippen molar-refractivity contribution in [3.63, 3.8) is 0 Å². The number of aliphatic carboxylic acids is 1. The predicted octanol–water partition coefficient (Wildman–Crippen LogP) is 1.70. The quantitative estimate of drug-likeness (QED) is 0.666. The minimum Gasteiger partial charge on any atom is -0.481 e. The van der Waals surface area contributed by atoms with E-state index in [0.717, 1.165) is 38.8 Å². The van der Waals surface area contributed by atoms with E-state index in [9.17, 15) is 9.59 Å². The first-order chi connectivity index (χ1) is 9.63. The molecule has 1 aliphatic rings. The van der Waals surface area contributed by atoms with Gasteiger partial charge in [0.05, 0.1) is 6.61 Å². The van der Waals surface area contributed by atoms with E-state index in [-0.39, 0.29) is 12.5 Å². The number of hydrogen-bond donors (Lipinski definition) is 2. The summed E-state index contributed by atoms with van der Waals surface area (Å²) in [4.78, 5) is 24.2. The number of carboxylic acid groups (broad SMARTS) is 1. The van der Waals surface area contributed by atoms with Crippen molar-refractivity contribution in [2.24, 2.45) is 5.92 Å². The number of nitrogens with one attached hydrogen (secondary N) is 1. The molecule has 0 radical (unpaired) electrons. The van der Waals surface area contributed by atoms with Crippen molar-refractivity contribution in [2.75, 3.05) is 33.4 Å². The lowest BCUT2D eigenvalue weighted by Gasteiger charge is -2.32. The second kappa shape index (κ2) is 9.58. The number of ether oxygens (including phenoxy) is 1. The van der Waals surface area contributed by atoms with E-state index < -0.39 is 5.97 Å². The summed E-state index contributed by atoms with van der Waals surface area (Å²) in [6, 6.07) is -0.0102. The molecule has 0 aromatic carbocycles. The van der Waals surface area contributed by atoms with Crippen LogP contribution in [0.25, 0.3) is 0 Å². The predicted molar refractivity (Wildman–Crippen MR) is 75.7 cm³/mol. The van der Waals surface area contributed by atoms with Crippen molar-refractivity contribution >= 4 is 12.0 Å². The standard InChI is InChI=1S/C14H26N2O4/c1-20-11-12-6-5-9-16(10-12)14(19)15-8-4-2-3-7-13(17)18/h12H,2-11H2,1H3,(H,15,19)(H,17,18). The Morgan fingerprint density at radius 2 is 2.15 bits per heavy atom. The number of unbranched alkanes of at least 4 members (excludes halogenated alkanes) is 2. The summed E-state index contributed by atoms with van der Waals surface area (Å²) in [5.74, 6) is -0.318. The zero-order valence-corrected chi connectivity index (χ0v) is 12.3. The first-order valence-corrected chi connectivity index (χ1v) is 7.37. The maximum absolute atomic E-state index is 12.0. The van der Waals surface area contributed by atoms with Gasteiger partial charge in [-0.3, -0.25) is 4.79 Å². The highest BCUT2D eigenvalue weighted by Gasteiger charge is 2.23. The number of rotatable bonds is 8. The van der Waals surface area contributed by atoms with E-state index in [1.807, 2.05) is 4.90 Å². The van der Waals surface area contributed by atoms with Crippen molar-refractivity contribution in [1.29, 1.82) is 0 Å². The number of carboxylic acids is 1. The van der Waals surface area contributed by atoms with Crippen molar-refractivity contribution in [3.05, 3.63) is 0 Å². The minimum atomic E-state index is -0.758. The van der Waals surface area contributed by atoms with E-state index >= 15 is 0 Å². The molecular weight excluding hydrogens is 260 g/mol. The fourth-order valence-corrected chi connectivity index (χ4v) is 2.51. The molecule has 20 heavy (non-hydrogen) atoms. The number of methoxy groups -OCH3 is 1. The highest BCUT2D eigenvalue weighted by molar-refractivity contribution is 5.74. The fraction of sp³-hybridized carbons (Fsp3) is 0.857. The number of urea groups is 1. The van der Waals surface area contributed by atoms with Crippen molar-refractivity contribution < 1.29 is 19.4 Å². The van der Waals surface area contributed by atoms with Gasteiger partial charge in [-0.15, -0.1) is 0 Å². The van der Waals surface area contributed by atoms with E-state index in [0.29, 0.717) is 25.5 Å². The van der Waals surface area contributed by atoms with Gasteiger partial charge in [0, 0.05) is 39.1 Å². The second-order valence-electron chi connectivity index (χ2n) is 5.35. The molecule has 1 saturated heterocycles. The summed E-state index contributed by atoms with van der Waals surface area (Å²) in [6.45, 7) is 2.90. The van der Waals surface area contributed by atoms with Crippen molar-refractivity contribution in [1.82, 2.24) is 10.2 Å².